The molecular formula is C10H5N2S. The average Bonchev–Trinajstić information content (AvgIpc) is 2.56. The van der Waals surface area contributed by atoms with Gasteiger partial charge in [0.2, 0.25) is 0 Å². The average molecular weight is 185 g/mol. The molecule has 2 nitrogen and oxygen atoms in total. The van der Waals surface area contributed by atoms with E-state index in [0.29, 0.717) is 0 Å². The molecule has 3 aromatic rings. The Hall–Kier alpha value is -1.48. The van der Waals surface area contributed by atoms with Gasteiger partial charge in [0, 0.05) is 18.5 Å². The third-order valence-corrected chi connectivity index (χ3v) is 2.98. The van der Waals surface area contributed by atoms with E-state index in [2.05, 4.69) is 22.1 Å². The first-order valence-electron chi connectivity index (χ1n) is 3.95. The molecule has 0 atom stereocenters. The van der Waals surface area contributed by atoms with E-state index in [4.69, 9.17) is 0 Å². The molecule has 13 heavy (non-hydrogen) atoms. The van der Waals surface area contributed by atoms with Crippen LogP contribution in [0.3, 0.4) is 0 Å². The van der Waals surface area contributed by atoms with Crippen LogP contribution in [-0.2, 0) is 0 Å². The van der Waals surface area contributed by atoms with Crippen LogP contribution in [0.4, 0.5) is 0 Å². The molecule has 0 amide bonds. The van der Waals surface area contributed by atoms with Gasteiger partial charge in [-0.05, 0) is 18.2 Å². The molecule has 61 valence electrons. The number of fused-ring (bicyclic) bond motifs is 3. The second-order valence-corrected chi connectivity index (χ2v) is 3.77. The van der Waals surface area contributed by atoms with Crippen molar-refractivity contribution < 1.29 is 0 Å². The quantitative estimate of drug-likeness (QED) is 0.538. The monoisotopic (exact) mass is 185 g/mol. The van der Waals surface area contributed by atoms with Crippen LogP contribution in [0, 0.1) is 6.07 Å². The SMILES string of the molecule is [c]1ccnc2c1sc1cccnc12. The molecule has 0 bridgehead atoms. The highest BCUT2D eigenvalue weighted by atomic mass is 32.1. The van der Waals surface area contributed by atoms with Crippen molar-refractivity contribution in [3.05, 3.63) is 36.7 Å². The minimum atomic E-state index is 0.961. The summed E-state index contributed by atoms with van der Waals surface area (Å²) in [5.41, 5.74) is 1.95. The van der Waals surface area contributed by atoms with Crippen molar-refractivity contribution in [3.8, 4) is 0 Å². The van der Waals surface area contributed by atoms with E-state index < -0.39 is 0 Å². The predicted octanol–water partition coefficient (Wildman–Crippen LogP) is 2.64. The van der Waals surface area contributed by atoms with Gasteiger partial charge >= 0.3 is 0 Å². The summed E-state index contributed by atoms with van der Waals surface area (Å²) in [5.74, 6) is 0. The van der Waals surface area contributed by atoms with Gasteiger partial charge in [0.05, 0.1) is 9.40 Å². The van der Waals surface area contributed by atoms with Gasteiger partial charge in [-0.15, -0.1) is 11.3 Å². The predicted molar refractivity (Wildman–Crippen MR) is 53.8 cm³/mol. The Morgan fingerprint density at radius 1 is 1.15 bits per heavy atom. The topological polar surface area (TPSA) is 25.8 Å². The maximum absolute atomic E-state index is 4.30. The molecule has 0 unspecified atom stereocenters. The zero-order valence-corrected chi connectivity index (χ0v) is 7.51. The Morgan fingerprint density at radius 3 is 3.08 bits per heavy atom. The van der Waals surface area contributed by atoms with Crippen LogP contribution in [0.2, 0.25) is 0 Å². The van der Waals surface area contributed by atoms with Crippen molar-refractivity contribution >= 4 is 31.8 Å². The minimum absolute atomic E-state index is 0.961. The number of thiophene rings is 1. The van der Waals surface area contributed by atoms with Crippen molar-refractivity contribution in [1.29, 1.82) is 0 Å². The van der Waals surface area contributed by atoms with E-state index in [0.717, 1.165) is 15.7 Å². The van der Waals surface area contributed by atoms with Crippen molar-refractivity contribution in [3.63, 3.8) is 0 Å². The number of hydrogen-bond acceptors (Lipinski definition) is 3. The van der Waals surface area contributed by atoms with Gasteiger partial charge in [-0.3, -0.25) is 9.97 Å². The molecule has 3 aromatic heterocycles. The number of rotatable bonds is 0. The van der Waals surface area contributed by atoms with Gasteiger partial charge in [-0.1, -0.05) is 0 Å². The van der Waals surface area contributed by atoms with Gasteiger partial charge < -0.3 is 0 Å². The highest BCUT2D eigenvalue weighted by molar-refractivity contribution is 7.25. The Kier molecular flexibility index (Phi) is 1.34. The lowest BCUT2D eigenvalue weighted by Gasteiger charge is -1.86. The summed E-state index contributed by atoms with van der Waals surface area (Å²) in [5, 5.41) is 0. The summed E-state index contributed by atoms with van der Waals surface area (Å²) in [6, 6.07) is 8.99. The second kappa shape index (κ2) is 2.50. The zero-order chi connectivity index (χ0) is 8.67. The molecule has 3 heterocycles. The molecule has 3 heteroatoms. The first kappa shape index (κ1) is 6.97. The molecule has 0 saturated heterocycles. The van der Waals surface area contributed by atoms with Gasteiger partial charge in [0.15, 0.2) is 0 Å². The van der Waals surface area contributed by atoms with E-state index >= 15 is 0 Å². The van der Waals surface area contributed by atoms with Crippen LogP contribution in [-0.4, -0.2) is 9.97 Å². The normalized spacial score (nSPS) is 11.1. The molecule has 0 aliphatic rings. The summed E-state index contributed by atoms with van der Waals surface area (Å²) >= 11 is 1.68. The van der Waals surface area contributed by atoms with Gasteiger partial charge in [0.25, 0.3) is 0 Å². The zero-order valence-electron chi connectivity index (χ0n) is 6.69. The fourth-order valence-electron chi connectivity index (χ4n) is 1.36. The van der Waals surface area contributed by atoms with E-state index in [1.165, 1.54) is 4.70 Å². The number of pyridine rings is 2. The Morgan fingerprint density at radius 2 is 2.08 bits per heavy atom. The summed E-state index contributed by atoms with van der Waals surface area (Å²) in [6.07, 6.45) is 3.55. The highest BCUT2D eigenvalue weighted by Gasteiger charge is 2.04. The van der Waals surface area contributed by atoms with Gasteiger partial charge in [-0.2, -0.15) is 0 Å². The van der Waals surface area contributed by atoms with E-state index in [1.807, 2.05) is 12.1 Å². The minimum Gasteiger partial charge on any atom is -0.253 e. The summed E-state index contributed by atoms with van der Waals surface area (Å²) < 4.78 is 2.25. The molecule has 0 aromatic carbocycles. The molecule has 0 aliphatic carbocycles. The molecule has 1 radical (unpaired) electrons. The standard InChI is InChI=1S/C10H5N2S/c1-3-7-9(11-5-1)10-8(13-7)4-2-6-12-10/h1-3,5-6H. The molecular weight excluding hydrogens is 180 g/mol. The van der Waals surface area contributed by atoms with Crippen molar-refractivity contribution in [2.75, 3.05) is 0 Å². The third-order valence-electron chi connectivity index (χ3n) is 1.91. The molecule has 3 rings (SSSR count). The van der Waals surface area contributed by atoms with Crippen LogP contribution in [0.15, 0.2) is 30.6 Å². The summed E-state index contributed by atoms with van der Waals surface area (Å²) in [6.45, 7) is 0. The van der Waals surface area contributed by atoms with E-state index in [-0.39, 0.29) is 0 Å². The molecule has 0 aliphatic heterocycles. The lowest BCUT2D eigenvalue weighted by Crippen LogP contribution is -1.74. The fourth-order valence-corrected chi connectivity index (χ4v) is 2.34. The van der Waals surface area contributed by atoms with Crippen molar-refractivity contribution in [2.45, 2.75) is 0 Å². The fraction of sp³-hybridized carbons (Fsp3) is 0. The Labute approximate surface area is 78.9 Å². The lowest BCUT2D eigenvalue weighted by molar-refractivity contribution is 1.39. The summed E-state index contributed by atoms with van der Waals surface area (Å²) in [4.78, 5) is 8.58. The summed E-state index contributed by atoms with van der Waals surface area (Å²) in [7, 11) is 0. The maximum atomic E-state index is 4.30. The molecule has 0 N–H and O–H groups in total. The number of nitrogens with zero attached hydrogens (tertiary/aromatic N) is 2. The van der Waals surface area contributed by atoms with Gasteiger partial charge in [-0.25, -0.2) is 0 Å². The first-order valence-corrected chi connectivity index (χ1v) is 4.77. The Balaban J connectivity index is 2.64. The van der Waals surface area contributed by atoms with Crippen molar-refractivity contribution in [1.82, 2.24) is 9.97 Å². The lowest BCUT2D eigenvalue weighted by atomic mass is 10.3. The van der Waals surface area contributed by atoms with Crippen molar-refractivity contribution in [2.24, 2.45) is 0 Å². The highest BCUT2D eigenvalue weighted by Crippen LogP contribution is 2.29. The molecule has 0 spiro atoms. The van der Waals surface area contributed by atoms with Crippen LogP contribution in [0.1, 0.15) is 0 Å². The van der Waals surface area contributed by atoms with E-state index in [9.17, 15) is 0 Å². The Bertz CT molecular complexity index is 521. The largest absolute Gasteiger partial charge is 0.253 e. The molecule has 0 saturated carbocycles. The smallest absolute Gasteiger partial charge is 0.108 e. The van der Waals surface area contributed by atoms with Crippen LogP contribution < -0.4 is 0 Å². The van der Waals surface area contributed by atoms with Crippen LogP contribution >= 0.6 is 11.3 Å². The number of hydrogen-bond donors (Lipinski definition) is 0. The maximum Gasteiger partial charge on any atom is 0.108 e. The molecule has 0 fully saturated rings. The van der Waals surface area contributed by atoms with Gasteiger partial charge in [0.1, 0.15) is 11.0 Å². The third kappa shape index (κ3) is 0.939. The first-order chi connectivity index (χ1) is 6.45. The number of aromatic nitrogens is 2. The van der Waals surface area contributed by atoms with Crippen LogP contribution in [0.25, 0.3) is 20.4 Å². The van der Waals surface area contributed by atoms with E-state index in [1.54, 1.807) is 23.7 Å². The second-order valence-electron chi connectivity index (χ2n) is 2.72. The van der Waals surface area contributed by atoms with Crippen LogP contribution in [0.5, 0.6) is 0 Å².